The summed E-state index contributed by atoms with van der Waals surface area (Å²) >= 11 is 0. The normalized spacial score (nSPS) is 19.7. The summed E-state index contributed by atoms with van der Waals surface area (Å²) in [7, 11) is 0. The van der Waals surface area contributed by atoms with Crippen molar-refractivity contribution < 1.29 is 0 Å². The van der Waals surface area contributed by atoms with Gasteiger partial charge in [-0.25, -0.2) is 0 Å². The van der Waals surface area contributed by atoms with Crippen molar-refractivity contribution in [3.8, 4) is 0 Å². The lowest BCUT2D eigenvalue weighted by molar-refractivity contribution is 0.993. The number of benzene rings is 2. The van der Waals surface area contributed by atoms with Gasteiger partial charge < -0.3 is 0 Å². The zero-order valence-electron chi connectivity index (χ0n) is 11.3. The summed E-state index contributed by atoms with van der Waals surface area (Å²) in [6.45, 7) is 0. The van der Waals surface area contributed by atoms with Crippen molar-refractivity contribution in [2.45, 2.75) is 12.3 Å². The Morgan fingerprint density at radius 2 is 1.65 bits per heavy atom. The maximum atomic E-state index is 2.36. The lowest BCUT2D eigenvalue weighted by Crippen LogP contribution is -2.02. The largest absolute Gasteiger partial charge is 0.0801 e. The van der Waals surface area contributed by atoms with Gasteiger partial charge in [-0.2, -0.15) is 0 Å². The van der Waals surface area contributed by atoms with E-state index in [2.05, 4.69) is 78.9 Å². The lowest BCUT2D eigenvalue weighted by Gasteiger charge is -2.17. The monoisotopic (exact) mass is 256 g/mol. The zero-order chi connectivity index (χ0) is 13.4. The van der Waals surface area contributed by atoms with E-state index >= 15 is 0 Å². The summed E-state index contributed by atoms with van der Waals surface area (Å²) in [6.07, 6.45) is 10.2. The molecule has 96 valence electrons. The molecule has 2 aliphatic rings. The summed E-state index contributed by atoms with van der Waals surface area (Å²) in [5.41, 5.74) is 6.98. The third-order valence-corrected chi connectivity index (χ3v) is 4.17. The molecule has 0 saturated carbocycles. The van der Waals surface area contributed by atoms with E-state index in [-0.39, 0.29) is 0 Å². The molecule has 4 rings (SSSR count). The highest BCUT2D eigenvalue weighted by Gasteiger charge is 2.27. The molecule has 0 saturated heterocycles. The Bertz CT molecular complexity index is 730. The van der Waals surface area contributed by atoms with Gasteiger partial charge in [0, 0.05) is 5.92 Å². The first-order chi connectivity index (χ1) is 9.93. The van der Waals surface area contributed by atoms with Gasteiger partial charge >= 0.3 is 0 Å². The molecule has 2 aromatic rings. The molecule has 0 heteroatoms. The number of fused-ring (bicyclic) bond motifs is 1. The lowest BCUT2D eigenvalue weighted by atomic mass is 9.85. The fraction of sp³-hybridized carbons (Fsp3) is 0.100. The second kappa shape index (κ2) is 4.64. The van der Waals surface area contributed by atoms with E-state index in [1.807, 2.05) is 0 Å². The highest BCUT2D eigenvalue weighted by Crippen LogP contribution is 2.44. The van der Waals surface area contributed by atoms with Crippen LogP contribution in [0.15, 0.2) is 84.0 Å². The predicted octanol–water partition coefficient (Wildman–Crippen LogP) is 5.10. The number of hydrogen-bond acceptors (Lipinski definition) is 0. The highest BCUT2D eigenvalue weighted by molar-refractivity contribution is 5.75. The topological polar surface area (TPSA) is 0 Å². The van der Waals surface area contributed by atoms with Crippen LogP contribution in [0.3, 0.4) is 0 Å². The highest BCUT2D eigenvalue weighted by atomic mass is 14.3. The summed E-state index contributed by atoms with van der Waals surface area (Å²) in [4.78, 5) is 0. The van der Waals surface area contributed by atoms with E-state index in [1.165, 1.54) is 27.8 Å². The van der Waals surface area contributed by atoms with Gasteiger partial charge in [-0.1, -0.05) is 72.8 Å². The van der Waals surface area contributed by atoms with E-state index in [0.717, 1.165) is 6.42 Å². The second-order valence-corrected chi connectivity index (χ2v) is 5.37. The molecule has 0 nitrogen and oxygen atoms in total. The van der Waals surface area contributed by atoms with Crippen molar-refractivity contribution in [2.75, 3.05) is 0 Å². The molecule has 0 aromatic heterocycles. The van der Waals surface area contributed by atoms with Crippen LogP contribution in [0.2, 0.25) is 0 Å². The number of hydrogen-bond donors (Lipinski definition) is 0. The van der Waals surface area contributed by atoms with Crippen molar-refractivity contribution in [3.05, 3.63) is 101 Å². The van der Waals surface area contributed by atoms with Crippen LogP contribution >= 0.6 is 0 Å². The van der Waals surface area contributed by atoms with Crippen molar-refractivity contribution >= 4 is 6.08 Å². The Morgan fingerprint density at radius 3 is 2.45 bits per heavy atom. The van der Waals surface area contributed by atoms with Crippen LogP contribution in [0.1, 0.15) is 29.0 Å². The Hall–Kier alpha value is -2.34. The van der Waals surface area contributed by atoms with Gasteiger partial charge in [0.2, 0.25) is 0 Å². The maximum Gasteiger partial charge on any atom is 0.0351 e. The van der Waals surface area contributed by atoms with Gasteiger partial charge in [-0.15, -0.1) is 0 Å². The molecule has 0 fully saturated rings. The Labute approximate surface area is 119 Å². The molecule has 2 aromatic carbocycles. The van der Waals surface area contributed by atoms with Crippen LogP contribution in [-0.4, -0.2) is 0 Å². The molecule has 0 heterocycles. The predicted molar refractivity (Wildman–Crippen MR) is 84.5 cm³/mol. The molecule has 0 amide bonds. The fourth-order valence-corrected chi connectivity index (χ4v) is 3.25. The van der Waals surface area contributed by atoms with Gasteiger partial charge in [0.05, 0.1) is 0 Å². The molecule has 0 N–H and O–H groups in total. The van der Waals surface area contributed by atoms with Gasteiger partial charge in [0.25, 0.3) is 0 Å². The molecule has 0 spiro atoms. The second-order valence-electron chi connectivity index (χ2n) is 5.37. The van der Waals surface area contributed by atoms with Crippen LogP contribution < -0.4 is 0 Å². The van der Waals surface area contributed by atoms with Gasteiger partial charge in [-0.05, 0) is 40.3 Å². The standard InChI is InChI=1S/C20H16/c1-2-10-16(11-3-1)20-18-13-7-6-12-17(18)14-19(20)15-8-4-5-9-15/h1-4,6-14,20H,5H2. The zero-order valence-corrected chi connectivity index (χ0v) is 11.3. The molecule has 2 aliphatic carbocycles. The average Bonchev–Trinajstić information content (AvgIpc) is 3.15. The smallest absolute Gasteiger partial charge is 0.0351 e. The number of allylic oxidation sites excluding steroid dienone is 5. The van der Waals surface area contributed by atoms with Gasteiger partial charge in [-0.3, -0.25) is 0 Å². The van der Waals surface area contributed by atoms with Crippen LogP contribution in [0.25, 0.3) is 6.08 Å². The molecule has 0 bridgehead atoms. The van der Waals surface area contributed by atoms with Crippen molar-refractivity contribution in [1.29, 1.82) is 0 Å². The third kappa shape index (κ3) is 1.77. The van der Waals surface area contributed by atoms with Crippen LogP contribution in [0.4, 0.5) is 0 Å². The summed E-state index contributed by atoms with van der Waals surface area (Å²) in [6, 6.07) is 19.6. The van der Waals surface area contributed by atoms with Gasteiger partial charge in [0.1, 0.15) is 0 Å². The van der Waals surface area contributed by atoms with Crippen LogP contribution in [-0.2, 0) is 0 Å². The fourth-order valence-electron chi connectivity index (χ4n) is 3.25. The van der Waals surface area contributed by atoms with Crippen LogP contribution in [0, 0.1) is 0 Å². The van der Waals surface area contributed by atoms with E-state index < -0.39 is 0 Å². The molecule has 1 unspecified atom stereocenters. The summed E-state index contributed by atoms with van der Waals surface area (Å²) in [5.74, 6) is 0.376. The van der Waals surface area contributed by atoms with Crippen LogP contribution in [0.5, 0.6) is 0 Å². The van der Waals surface area contributed by atoms with Crippen molar-refractivity contribution in [1.82, 2.24) is 0 Å². The molecular formula is C20H16. The minimum atomic E-state index is 0.376. The molecule has 1 atom stereocenters. The minimum absolute atomic E-state index is 0.376. The minimum Gasteiger partial charge on any atom is -0.0801 e. The SMILES string of the molecule is C1=CC(C2=Cc3ccccc3C2c2ccccc2)=CC1. The van der Waals surface area contributed by atoms with E-state index in [9.17, 15) is 0 Å². The van der Waals surface area contributed by atoms with E-state index in [1.54, 1.807) is 0 Å². The quantitative estimate of drug-likeness (QED) is 0.701. The molecule has 20 heavy (non-hydrogen) atoms. The average molecular weight is 256 g/mol. The van der Waals surface area contributed by atoms with Gasteiger partial charge in [0.15, 0.2) is 0 Å². The molecule has 0 aliphatic heterocycles. The summed E-state index contributed by atoms with van der Waals surface area (Å²) < 4.78 is 0. The first kappa shape index (κ1) is 11.5. The Kier molecular flexibility index (Phi) is 2.67. The number of rotatable bonds is 2. The summed E-state index contributed by atoms with van der Waals surface area (Å²) in [5, 5.41) is 0. The third-order valence-electron chi connectivity index (χ3n) is 4.17. The van der Waals surface area contributed by atoms with Crippen molar-refractivity contribution in [3.63, 3.8) is 0 Å². The maximum absolute atomic E-state index is 2.36. The Balaban J connectivity index is 1.88. The molecular weight excluding hydrogens is 240 g/mol. The first-order valence-electron chi connectivity index (χ1n) is 7.16. The molecule has 0 radical (unpaired) electrons. The first-order valence-corrected chi connectivity index (χ1v) is 7.16. The van der Waals surface area contributed by atoms with Crippen molar-refractivity contribution in [2.24, 2.45) is 0 Å². The Morgan fingerprint density at radius 1 is 0.850 bits per heavy atom. The van der Waals surface area contributed by atoms with E-state index in [0.29, 0.717) is 5.92 Å². The van der Waals surface area contributed by atoms with E-state index in [4.69, 9.17) is 0 Å².